The number of nitrogens with zero attached hydrogens (tertiary/aromatic N) is 1. The molecule has 0 aliphatic carbocycles. The van der Waals surface area contributed by atoms with Crippen LogP contribution >= 0.6 is 0 Å². The molecule has 3 nitrogen and oxygen atoms in total. The summed E-state index contributed by atoms with van der Waals surface area (Å²) in [6.07, 6.45) is 4.24. The first-order valence-corrected chi connectivity index (χ1v) is 5.55. The Balaban J connectivity index is 2.74. The lowest BCUT2D eigenvalue weighted by Crippen LogP contribution is -2.42. The molecule has 16 heavy (non-hydrogen) atoms. The first-order chi connectivity index (χ1) is 7.45. The number of hydrogen-bond acceptors (Lipinski definition) is 3. The molecule has 0 spiro atoms. The molecule has 1 heterocycles. The van der Waals surface area contributed by atoms with E-state index in [1.807, 2.05) is 40.0 Å². The topological polar surface area (TPSA) is 42.0 Å². The van der Waals surface area contributed by atoms with Gasteiger partial charge in [-0.2, -0.15) is 0 Å². The van der Waals surface area contributed by atoms with Gasteiger partial charge in [-0.15, -0.1) is 0 Å². The molecule has 1 N–H and O–H groups in total. The molecule has 0 aliphatic heterocycles. The fourth-order valence-corrected chi connectivity index (χ4v) is 1.60. The largest absolute Gasteiger partial charge is 0.310 e. The van der Waals surface area contributed by atoms with Crippen LogP contribution in [-0.4, -0.2) is 23.9 Å². The van der Waals surface area contributed by atoms with Gasteiger partial charge in [0.15, 0.2) is 5.78 Å². The minimum Gasteiger partial charge on any atom is -0.310 e. The smallest absolute Gasteiger partial charge is 0.155 e. The van der Waals surface area contributed by atoms with Crippen LogP contribution in [0.2, 0.25) is 0 Å². The number of rotatable bonds is 4. The number of carbonyl (C=O) groups is 1. The van der Waals surface area contributed by atoms with Gasteiger partial charge in [0.2, 0.25) is 0 Å². The monoisotopic (exact) mass is 220 g/mol. The molecule has 1 rings (SSSR count). The minimum absolute atomic E-state index is 0.135. The van der Waals surface area contributed by atoms with Gasteiger partial charge in [-0.25, -0.2) is 0 Å². The van der Waals surface area contributed by atoms with E-state index in [-0.39, 0.29) is 17.2 Å². The maximum atomic E-state index is 12.1. The summed E-state index contributed by atoms with van der Waals surface area (Å²) in [5.41, 5.74) is 0.773. The van der Waals surface area contributed by atoms with E-state index in [4.69, 9.17) is 0 Å². The molecule has 0 amide bonds. The Labute approximate surface area is 97.3 Å². The van der Waals surface area contributed by atoms with Crippen molar-refractivity contribution in [2.45, 2.75) is 33.2 Å². The lowest BCUT2D eigenvalue weighted by Gasteiger charge is -2.24. The van der Waals surface area contributed by atoms with E-state index in [0.29, 0.717) is 6.42 Å². The fourth-order valence-electron chi connectivity index (χ4n) is 1.60. The number of likely N-dealkylation sites (N-methyl/N-ethyl adjacent to an activating group) is 1. The van der Waals surface area contributed by atoms with Crippen molar-refractivity contribution in [3.8, 4) is 0 Å². The third kappa shape index (κ3) is 3.42. The molecule has 1 aromatic heterocycles. The summed E-state index contributed by atoms with van der Waals surface area (Å²) in [6, 6.07) is 3.75. The molecule has 0 aromatic carbocycles. The SMILES string of the molecule is CN[C@@H](Cc1cccnc1)C(=O)C(C)(C)C. The fraction of sp³-hybridized carbons (Fsp3) is 0.538. The number of nitrogens with one attached hydrogen (secondary N) is 1. The molecule has 0 aliphatic rings. The van der Waals surface area contributed by atoms with Crippen molar-refractivity contribution in [2.24, 2.45) is 5.41 Å². The number of carbonyl (C=O) groups excluding carboxylic acids is 1. The molecule has 3 heteroatoms. The molecule has 0 saturated carbocycles. The second kappa shape index (κ2) is 5.21. The molecule has 1 atom stereocenters. The predicted octanol–water partition coefficient (Wildman–Crippen LogP) is 1.83. The summed E-state index contributed by atoms with van der Waals surface area (Å²) in [5.74, 6) is 0.235. The van der Waals surface area contributed by atoms with Crippen molar-refractivity contribution >= 4 is 5.78 Å². The normalized spacial score (nSPS) is 13.5. The molecule has 88 valence electrons. The quantitative estimate of drug-likeness (QED) is 0.841. The van der Waals surface area contributed by atoms with Crippen molar-refractivity contribution < 1.29 is 4.79 Å². The Kier molecular flexibility index (Phi) is 4.19. The Morgan fingerprint density at radius 1 is 1.50 bits per heavy atom. The molecule has 0 bridgehead atoms. The van der Waals surface area contributed by atoms with Gasteiger partial charge in [-0.3, -0.25) is 9.78 Å². The van der Waals surface area contributed by atoms with Gasteiger partial charge >= 0.3 is 0 Å². The molecule has 0 saturated heterocycles. The predicted molar refractivity (Wildman–Crippen MR) is 65.3 cm³/mol. The number of pyridine rings is 1. The zero-order chi connectivity index (χ0) is 12.2. The molecular weight excluding hydrogens is 200 g/mol. The highest BCUT2D eigenvalue weighted by Crippen LogP contribution is 2.18. The van der Waals surface area contributed by atoms with Crippen molar-refractivity contribution in [2.75, 3.05) is 7.05 Å². The van der Waals surface area contributed by atoms with Crippen LogP contribution in [0, 0.1) is 5.41 Å². The third-order valence-corrected chi connectivity index (χ3v) is 2.57. The van der Waals surface area contributed by atoms with Crippen LogP contribution in [0.4, 0.5) is 0 Å². The summed E-state index contributed by atoms with van der Waals surface area (Å²) in [6.45, 7) is 5.84. The van der Waals surface area contributed by atoms with Crippen molar-refractivity contribution in [3.05, 3.63) is 30.1 Å². The highest BCUT2D eigenvalue weighted by atomic mass is 16.1. The molecule has 1 aromatic rings. The van der Waals surface area contributed by atoms with Crippen LogP contribution in [0.1, 0.15) is 26.3 Å². The average Bonchev–Trinajstić information content (AvgIpc) is 2.25. The Bertz CT molecular complexity index is 341. The Hall–Kier alpha value is -1.22. The second-order valence-electron chi connectivity index (χ2n) is 5.02. The van der Waals surface area contributed by atoms with Gasteiger partial charge < -0.3 is 5.32 Å². The lowest BCUT2D eigenvalue weighted by molar-refractivity contribution is -0.128. The van der Waals surface area contributed by atoms with Crippen LogP contribution in [0.3, 0.4) is 0 Å². The van der Waals surface area contributed by atoms with E-state index in [9.17, 15) is 4.79 Å². The van der Waals surface area contributed by atoms with Crippen LogP contribution in [0.5, 0.6) is 0 Å². The van der Waals surface area contributed by atoms with Crippen LogP contribution in [-0.2, 0) is 11.2 Å². The lowest BCUT2D eigenvalue weighted by atomic mass is 9.84. The third-order valence-electron chi connectivity index (χ3n) is 2.57. The number of ketones is 1. The van der Waals surface area contributed by atoms with Gasteiger partial charge in [0, 0.05) is 17.8 Å². The maximum Gasteiger partial charge on any atom is 0.155 e. The summed E-state index contributed by atoms with van der Waals surface area (Å²) in [5, 5.41) is 3.08. The first-order valence-electron chi connectivity index (χ1n) is 5.55. The van der Waals surface area contributed by atoms with Crippen LogP contribution < -0.4 is 5.32 Å². The van der Waals surface area contributed by atoms with E-state index < -0.39 is 0 Å². The van der Waals surface area contributed by atoms with Gasteiger partial charge in [-0.1, -0.05) is 26.8 Å². The van der Waals surface area contributed by atoms with Gasteiger partial charge in [0.25, 0.3) is 0 Å². The van der Waals surface area contributed by atoms with Crippen molar-refractivity contribution in [1.82, 2.24) is 10.3 Å². The van der Waals surface area contributed by atoms with Gasteiger partial charge in [-0.05, 0) is 25.1 Å². The Morgan fingerprint density at radius 3 is 2.62 bits per heavy atom. The first kappa shape index (κ1) is 12.8. The summed E-state index contributed by atoms with van der Waals surface area (Å²) in [4.78, 5) is 16.2. The van der Waals surface area contributed by atoms with E-state index in [2.05, 4.69) is 10.3 Å². The summed E-state index contributed by atoms with van der Waals surface area (Å²) < 4.78 is 0. The molecule has 0 unspecified atom stereocenters. The zero-order valence-electron chi connectivity index (χ0n) is 10.4. The van der Waals surface area contributed by atoms with Crippen molar-refractivity contribution in [3.63, 3.8) is 0 Å². The van der Waals surface area contributed by atoms with E-state index in [1.165, 1.54) is 0 Å². The van der Waals surface area contributed by atoms with Gasteiger partial charge in [0.05, 0.1) is 6.04 Å². The van der Waals surface area contributed by atoms with Gasteiger partial charge in [0.1, 0.15) is 0 Å². The minimum atomic E-state index is -0.310. The van der Waals surface area contributed by atoms with Crippen LogP contribution in [0.25, 0.3) is 0 Å². The number of aromatic nitrogens is 1. The average molecular weight is 220 g/mol. The zero-order valence-corrected chi connectivity index (χ0v) is 10.4. The molecule has 0 fully saturated rings. The highest BCUT2D eigenvalue weighted by molar-refractivity contribution is 5.88. The summed E-state index contributed by atoms with van der Waals surface area (Å²) in [7, 11) is 1.82. The van der Waals surface area contributed by atoms with E-state index in [0.717, 1.165) is 5.56 Å². The molecule has 0 radical (unpaired) electrons. The second-order valence-corrected chi connectivity index (χ2v) is 5.02. The Morgan fingerprint density at radius 2 is 2.19 bits per heavy atom. The van der Waals surface area contributed by atoms with Crippen LogP contribution in [0.15, 0.2) is 24.5 Å². The van der Waals surface area contributed by atoms with E-state index >= 15 is 0 Å². The molecular formula is C13H20N2O. The summed E-state index contributed by atoms with van der Waals surface area (Å²) >= 11 is 0. The maximum absolute atomic E-state index is 12.1. The standard InChI is InChI=1S/C13H20N2O/c1-13(2,3)12(16)11(14-4)8-10-6-5-7-15-9-10/h5-7,9,11,14H,8H2,1-4H3/t11-/m0/s1. The number of Topliss-reactive ketones (excluding diaryl/α,β-unsaturated/α-hetero) is 1. The number of hydrogen-bond donors (Lipinski definition) is 1. The highest BCUT2D eigenvalue weighted by Gasteiger charge is 2.28. The van der Waals surface area contributed by atoms with Crippen molar-refractivity contribution in [1.29, 1.82) is 0 Å². The van der Waals surface area contributed by atoms with E-state index in [1.54, 1.807) is 12.4 Å².